The molecule has 0 aliphatic rings. The van der Waals surface area contributed by atoms with Gasteiger partial charge in [-0.05, 0) is 60.6 Å². The molecule has 0 heterocycles. The second-order valence-electron chi connectivity index (χ2n) is 7.20. The average molecular weight is 345 g/mol. The Hall–Kier alpha value is -2.34. The third-order valence-corrected chi connectivity index (χ3v) is 4.77. The lowest BCUT2D eigenvalue weighted by atomic mass is 9.87. The molecule has 0 spiro atoms. The summed E-state index contributed by atoms with van der Waals surface area (Å²) in [6, 6.07) is 17.7. The number of rotatable bonds is 8. The minimum atomic E-state index is 1.11. The highest BCUT2D eigenvalue weighted by Gasteiger charge is 2.12. The Kier molecular flexibility index (Phi) is 7.21. The van der Waals surface area contributed by atoms with Gasteiger partial charge in [-0.25, -0.2) is 0 Å². The fourth-order valence-electron chi connectivity index (χ4n) is 3.42. The van der Waals surface area contributed by atoms with Crippen LogP contribution in [-0.2, 0) is 0 Å². The van der Waals surface area contributed by atoms with Crippen LogP contribution in [0.25, 0.3) is 16.7 Å². The van der Waals surface area contributed by atoms with Crippen molar-refractivity contribution >= 4 is 16.7 Å². The van der Waals surface area contributed by atoms with Gasteiger partial charge in [-0.1, -0.05) is 99.0 Å². The zero-order valence-corrected chi connectivity index (χ0v) is 16.9. The van der Waals surface area contributed by atoms with Crippen LogP contribution >= 0.6 is 0 Å². The van der Waals surface area contributed by atoms with Crippen LogP contribution in [0.15, 0.2) is 67.3 Å². The van der Waals surface area contributed by atoms with Gasteiger partial charge in [0.1, 0.15) is 0 Å². The maximum atomic E-state index is 4.12. The van der Waals surface area contributed by atoms with Crippen molar-refractivity contribution in [2.75, 3.05) is 0 Å². The Morgan fingerprint density at radius 2 is 1.19 bits per heavy atom. The van der Waals surface area contributed by atoms with Crippen LogP contribution < -0.4 is 0 Å². The second kappa shape index (κ2) is 9.38. The molecule has 0 bridgehead atoms. The highest BCUT2D eigenvalue weighted by molar-refractivity contribution is 5.84. The molecule has 2 aromatic carbocycles. The smallest absolute Gasteiger partial charge is 0.0119 e. The number of allylic oxidation sites excluding steroid dienone is 3. The maximum absolute atomic E-state index is 4.12. The average Bonchev–Trinajstić information content (AvgIpc) is 2.63. The van der Waals surface area contributed by atoms with Crippen LogP contribution in [-0.4, -0.2) is 0 Å². The molecule has 0 aliphatic heterocycles. The predicted octanol–water partition coefficient (Wildman–Crippen LogP) is 8.15. The first-order chi connectivity index (χ1) is 12.5. The quantitative estimate of drug-likeness (QED) is 0.453. The van der Waals surface area contributed by atoms with Crippen LogP contribution in [0.5, 0.6) is 0 Å². The first kappa shape index (κ1) is 20.0. The number of hydrogen-bond acceptors (Lipinski definition) is 0. The fraction of sp³-hybridized carbons (Fsp3) is 0.308. The molecule has 0 fully saturated rings. The van der Waals surface area contributed by atoms with Gasteiger partial charge in [0.05, 0.1) is 0 Å². The van der Waals surface area contributed by atoms with Gasteiger partial charge in [0.15, 0.2) is 0 Å². The van der Waals surface area contributed by atoms with Gasteiger partial charge in [-0.3, -0.25) is 0 Å². The van der Waals surface area contributed by atoms with Crippen molar-refractivity contribution in [3.05, 3.63) is 89.5 Å². The minimum Gasteiger partial charge on any atom is -0.0955 e. The van der Waals surface area contributed by atoms with Crippen molar-refractivity contribution < 1.29 is 0 Å². The molecule has 2 rings (SSSR count). The van der Waals surface area contributed by atoms with E-state index in [1.54, 1.807) is 5.57 Å². The van der Waals surface area contributed by atoms with Gasteiger partial charge in [0.25, 0.3) is 0 Å². The maximum Gasteiger partial charge on any atom is -0.0119 e. The molecular formula is C26H32. The highest BCUT2D eigenvalue weighted by atomic mass is 14.2. The summed E-state index contributed by atoms with van der Waals surface area (Å²) in [7, 11) is 0. The van der Waals surface area contributed by atoms with E-state index in [4.69, 9.17) is 0 Å². The van der Waals surface area contributed by atoms with E-state index in [0.717, 1.165) is 24.0 Å². The molecule has 0 nitrogen and oxygen atoms in total. The Bertz CT molecular complexity index is 792. The van der Waals surface area contributed by atoms with Crippen molar-refractivity contribution in [2.45, 2.75) is 53.4 Å². The summed E-state index contributed by atoms with van der Waals surface area (Å²) >= 11 is 0. The Balaban J connectivity index is 2.65. The standard InChI is InChI=1S/C26H32/c1-7-10-22(11-8-2)26(23-16-14-21(15-17-23)19(3)4)25-13-9-12-24(18-25)20(5)6/h9,12-18H,3,5,7-8,10-11H2,1-2,4,6H3. The van der Waals surface area contributed by atoms with Gasteiger partial charge in [-0.2, -0.15) is 0 Å². The summed E-state index contributed by atoms with van der Waals surface area (Å²) in [6.07, 6.45) is 4.62. The van der Waals surface area contributed by atoms with Gasteiger partial charge in [-0.15, -0.1) is 0 Å². The number of benzene rings is 2. The van der Waals surface area contributed by atoms with Gasteiger partial charge < -0.3 is 0 Å². The van der Waals surface area contributed by atoms with Gasteiger partial charge >= 0.3 is 0 Å². The summed E-state index contributed by atoms with van der Waals surface area (Å²) in [5, 5.41) is 0. The third kappa shape index (κ3) is 4.85. The lowest BCUT2D eigenvalue weighted by Crippen LogP contribution is -1.97. The van der Waals surface area contributed by atoms with E-state index in [0.29, 0.717) is 0 Å². The Labute approximate surface area is 160 Å². The molecule has 0 heteroatoms. The summed E-state index contributed by atoms with van der Waals surface area (Å²) in [5.74, 6) is 0. The van der Waals surface area contributed by atoms with E-state index in [9.17, 15) is 0 Å². The fourth-order valence-corrected chi connectivity index (χ4v) is 3.42. The molecule has 0 saturated carbocycles. The van der Waals surface area contributed by atoms with Crippen LogP contribution in [0.4, 0.5) is 0 Å². The summed E-state index contributed by atoms with van der Waals surface area (Å²) < 4.78 is 0. The van der Waals surface area contributed by atoms with Crippen molar-refractivity contribution in [1.29, 1.82) is 0 Å². The van der Waals surface area contributed by atoms with E-state index in [2.05, 4.69) is 89.4 Å². The van der Waals surface area contributed by atoms with Crippen LogP contribution in [0.1, 0.15) is 75.6 Å². The monoisotopic (exact) mass is 344 g/mol. The molecule has 0 aromatic heterocycles. The molecule has 2 aromatic rings. The number of hydrogen-bond donors (Lipinski definition) is 0. The van der Waals surface area contributed by atoms with Gasteiger partial charge in [0, 0.05) is 0 Å². The van der Waals surface area contributed by atoms with Crippen molar-refractivity contribution in [3.63, 3.8) is 0 Å². The topological polar surface area (TPSA) is 0 Å². The SMILES string of the molecule is C=C(C)c1ccc(C(=C(CCC)CCC)c2cccc(C(=C)C)c2)cc1. The van der Waals surface area contributed by atoms with Crippen molar-refractivity contribution in [3.8, 4) is 0 Å². The third-order valence-electron chi connectivity index (χ3n) is 4.77. The highest BCUT2D eigenvalue weighted by Crippen LogP contribution is 2.33. The molecule has 0 aliphatic carbocycles. The zero-order valence-electron chi connectivity index (χ0n) is 16.9. The predicted molar refractivity (Wildman–Crippen MR) is 118 cm³/mol. The molecule has 0 atom stereocenters. The molecular weight excluding hydrogens is 312 g/mol. The van der Waals surface area contributed by atoms with Crippen LogP contribution in [0, 0.1) is 0 Å². The van der Waals surface area contributed by atoms with Crippen molar-refractivity contribution in [1.82, 2.24) is 0 Å². The molecule has 0 unspecified atom stereocenters. The largest absolute Gasteiger partial charge is 0.0955 e. The Morgan fingerprint density at radius 3 is 1.69 bits per heavy atom. The van der Waals surface area contributed by atoms with E-state index in [1.165, 1.54) is 40.7 Å². The van der Waals surface area contributed by atoms with Gasteiger partial charge in [0.2, 0.25) is 0 Å². The lowest BCUT2D eigenvalue weighted by molar-refractivity contribution is 0.806. The second-order valence-corrected chi connectivity index (χ2v) is 7.20. The summed E-state index contributed by atoms with van der Waals surface area (Å²) in [6.45, 7) is 16.8. The minimum absolute atomic E-state index is 1.11. The molecule has 26 heavy (non-hydrogen) atoms. The molecule has 0 amide bonds. The first-order valence-electron chi connectivity index (χ1n) is 9.72. The van der Waals surface area contributed by atoms with E-state index >= 15 is 0 Å². The lowest BCUT2D eigenvalue weighted by Gasteiger charge is -2.17. The molecule has 0 N–H and O–H groups in total. The van der Waals surface area contributed by atoms with E-state index < -0.39 is 0 Å². The van der Waals surface area contributed by atoms with Crippen LogP contribution in [0.3, 0.4) is 0 Å². The van der Waals surface area contributed by atoms with Crippen LogP contribution in [0.2, 0.25) is 0 Å². The zero-order chi connectivity index (χ0) is 19.1. The summed E-state index contributed by atoms with van der Waals surface area (Å²) in [5.41, 5.74) is 10.2. The molecule has 0 radical (unpaired) electrons. The van der Waals surface area contributed by atoms with E-state index in [1.807, 2.05) is 0 Å². The Morgan fingerprint density at radius 1 is 0.692 bits per heavy atom. The van der Waals surface area contributed by atoms with E-state index in [-0.39, 0.29) is 0 Å². The molecule has 136 valence electrons. The molecule has 0 saturated heterocycles. The normalized spacial score (nSPS) is 10.5. The first-order valence-corrected chi connectivity index (χ1v) is 9.72. The summed E-state index contributed by atoms with van der Waals surface area (Å²) in [4.78, 5) is 0. The van der Waals surface area contributed by atoms with Crippen molar-refractivity contribution in [2.24, 2.45) is 0 Å².